The number of benzene rings is 2. The van der Waals surface area contributed by atoms with E-state index in [9.17, 15) is 9.59 Å². The highest BCUT2D eigenvalue weighted by atomic mass is 32.2. The van der Waals surface area contributed by atoms with Crippen LogP contribution in [0.4, 0.5) is 0 Å². The van der Waals surface area contributed by atoms with Crippen molar-refractivity contribution in [3.63, 3.8) is 0 Å². The van der Waals surface area contributed by atoms with E-state index in [4.69, 9.17) is 4.74 Å². The second-order valence-corrected chi connectivity index (χ2v) is 8.57. The Bertz CT molecular complexity index is 820. The number of hydrogen-bond acceptors (Lipinski definition) is 4. The highest BCUT2D eigenvalue weighted by molar-refractivity contribution is 7.99. The molecule has 2 amide bonds. The van der Waals surface area contributed by atoms with E-state index in [1.807, 2.05) is 42.2 Å². The monoisotopic (exact) mass is 412 g/mol. The molecule has 154 valence electrons. The molecule has 0 aliphatic carbocycles. The van der Waals surface area contributed by atoms with Gasteiger partial charge in [0, 0.05) is 30.4 Å². The molecule has 0 aromatic heterocycles. The second kappa shape index (κ2) is 10.3. The molecule has 0 spiro atoms. The van der Waals surface area contributed by atoms with Crippen LogP contribution in [0.3, 0.4) is 0 Å². The van der Waals surface area contributed by atoms with Gasteiger partial charge in [-0.15, -0.1) is 11.8 Å². The summed E-state index contributed by atoms with van der Waals surface area (Å²) in [6.07, 6.45) is 1.55. The number of hydrogen-bond donors (Lipinski definition) is 1. The maximum Gasteiger partial charge on any atom is 0.251 e. The Morgan fingerprint density at radius 2 is 1.86 bits per heavy atom. The predicted molar refractivity (Wildman–Crippen MR) is 117 cm³/mol. The van der Waals surface area contributed by atoms with Crippen LogP contribution in [0.2, 0.25) is 0 Å². The van der Waals surface area contributed by atoms with E-state index in [-0.39, 0.29) is 23.1 Å². The summed E-state index contributed by atoms with van der Waals surface area (Å²) in [4.78, 5) is 27.1. The van der Waals surface area contributed by atoms with E-state index < -0.39 is 0 Å². The zero-order valence-electron chi connectivity index (χ0n) is 17.0. The molecule has 1 aliphatic heterocycles. The number of thioether (sulfide) groups is 1. The zero-order chi connectivity index (χ0) is 20.6. The number of nitrogens with one attached hydrogen (secondary N) is 1. The van der Waals surface area contributed by atoms with Gasteiger partial charge in [0.05, 0.1) is 12.4 Å². The lowest BCUT2D eigenvalue weighted by atomic mass is 10.0. The standard InChI is InChI=1S/C23H28N2O3S/c1-17(29-16-18-7-4-3-5-8-18)23(27)25-13-11-20(12-14-25)24-22(26)19-9-6-10-21(15-19)28-2/h3-10,15,17,20H,11-14,16H2,1-2H3,(H,24,26)/t17-/m1/s1. The van der Waals surface area contributed by atoms with Crippen LogP contribution in [-0.2, 0) is 10.5 Å². The van der Waals surface area contributed by atoms with Crippen molar-refractivity contribution in [2.75, 3.05) is 20.2 Å². The summed E-state index contributed by atoms with van der Waals surface area (Å²) in [7, 11) is 1.59. The molecule has 0 unspecified atom stereocenters. The van der Waals surface area contributed by atoms with Crippen LogP contribution < -0.4 is 10.1 Å². The van der Waals surface area contributed by atoms with Crippen LogP contribution >= 0.6 is 11.8 Å². The molecule has 2 aromatic rings. The van der Waals surface area contributed by atoms with Gasteiger partial charge >= 0.3 is 0 Å². The molecule has 0 bridgehead atoms. The molecule has 1 heterocycles. The summed E-state index contributed by atoms with van der Waals surface area (Å²) in [5.74, 6) is 1.59. The van der Waals surface area contributed by atoms with Crippen molar-refractivity contribution in [2.24, 2.45) is 0 Å². The maximum absolute atomic E-state index is 12.7. The van der Waals surface area contributed by atoms with Gasteiger partial charge in [0.25, 0.3) is 5.91 Å². The van der Waals surface area contributed by atoms with E-state index in [1.54, 1.807) is 31.0 Å². The molecule has 6 heteroatoms. The van der Waals surface area contributed by atoms with E-state index in [0.29, 0.717) is 24.4 Å². The van der Waals surface area contributed by atoms with E-state index in [0.717, 1.165) is 18.6 Å². The number of likely N-dealkylation sites (tertiary alicyclic amines) is 1. The number of carbonyl (C=O) groups is 2. The lowest BCUT2D eigenvalue weighted by Gasteiger charge is -2.33. The molecule has 1 N–H and O–H groups in total. The summed E-state index contributed by atoms with van der Waals surface area (Å²) in [5, 5.41) is 3.01. The van der Waals surface area contributed by atoms with Crippen molar-refractivity contribution in [2.45, 2.75) is 36.8 Å². The third-order valence-corrected chi connectivity index (χ3v) is 6.37. The SMILES string of the molecule is COc1cccc(C(=O)NC2CCN(C(=O)[C@@H](C)SCc3ccccc3)CC2)c1. The highest BCUT2D eigenvalue weighted by Gasteiger charge is 2.27. The van der Waals surface area contributed by atoms with Crippen molar-refractivity contribution < 1.29 is 14.3 Å². The summed E-state index contributed by atoms with van der Waals surface area (Å²) in [5.41, 5.74) is 1.82. The van der Waals surface area contributed by atoms with Crippen LogP contribution in [-0.4, -0.2) is 48.2 Å². The number of rotatable bonds is 7. The van der Waals surface area contributed by atoms with Gasteiger partial charge in [-0.3, -0.25) is 9.59 Å². The fourth-order valence-electron chi connectivity index (χ4n) is 3.40. The molecule has 1 atom stereocenters. The Balaban J connectivity index is 1.44. The Labute approximate surface area is 176 Å². The van der Waals surface area contributed by atoms with Gasteiger partial charge < -0.3 is 15.0 Å². The van der Waals surface area contributed by atoms with Crippen molar-refractivity contribution in [3.8, 4) is 5.75 Å². The quantitative estimate of drug-likeness (QED) is 0.753. The molecule has 3 rings (SSSR count). The van der Waals surface area contributed by atoms with Crippen molar-refractivity contribution in [1.82, 2.24) is 10.2 Å². The summed E-state index contributed by atoms with van der Waals surface area (Å²) < 4.78 is 5.18. The minimum absolute atomic E-state index is 0.0712. The minimum atomic E-state index is -0.0968. The first-order valence-electron chi connectivity index (χ1n) is 9.96. The average molecular weight is 413 g/mol. The van der Waals surface area contributed by atoms with Crippen molar-refractivity contribution in [1.29, 1.82) is 0 Å². The third kappa shape index (κ3) is 6.00. The fraction of sp³-hybridized carbons (Fsp3) is 0.391. The van der Waals surface area contributed by atoms with Crippen LogP contribution in [0.5, 0.6) is 5.75 Å². The predicted octanol–water partition coefficient (Wildman–Crippen LogP) is 3.74. The van der Waals surface area contributed by atoms with Gasteiger partial charge in [0.2, 0.25) is 5.91 Å². The molecule has 5 nitrogen and oxygen atoms in total. The van der Waals surface area contributed by atoms with E-state index in [2.05, 4.69) is 17.4 Å². The Kier molecular flexibility index (Phi) is 7.58. The number of piperidine rings is 1. The number of carbonyl (C=O) groups excluding carboxylic acids is 2. The fourth-order valence-corrected chi connectivity index (χ4v) is 4.33. The molecular formula is C23H28N2O3S. The van der Waals surface area contributed by atoms with Gasteiger partial charge in [-0.05, 0) is 43.5 Å². The summed E-state index contributed by atoms with van der Waals surface area (Å²) in [6, 6.07) is 17.4. The Morgan fingerprint density at radius 1 is 1.14 bits per heavy atom. The molecular weight excluding hydrogens is 384 g/mol. The molecule has 1 saturated heterocycles. The van der Waals surface area contributed by atoms with Gasteiger partial charge in [-0.2, -0.15) is 0 Å². The number of ether oxygens (including phenoxy) is 1. The topological polar surface area (TPSA) is 58.6 Å². The van der Waals surface area contributed by atoms with Crippen molar-refractivity contribution >= 4 is 23.6 Å². The van der Waals surface area contributed by atoms with E-state index in [1.165, 1.54) is 5.56 Å². The first kappa shape index (κ1) is 21.2. The molecule has 1 fully saturated rings. The normalized spacial score (nSPS) is 15.6. The van der Waals surface area contributed by atoms with Crippen LogP contribution in [0.15, 0.2) is 54.6 Å². The largest absolute Gasteiger partial charge is 0.497 e. The molecule has 0 saturated carbocycles. The number of nitrogens with zero attached hydrogens (tertiary/aromatic N) is 1. The van der Waals surface area contributed by atoms with Crippen LogP contribution in [0, 0.1) is 0 Å². The molecule has 2 aromatic carbocycles. The van der Waals surface area contributed by atoms with Crippen LogP contribution in [0.1, 0.15) is 35.7 Å². The number of methoxy groups -OCH3 is 1. The lowest BCUT2D eigenvalue weighted by molar-refractivity contribution is -0.131. The van der Waals surface area contributed by atoms with Gasteiger partial charge in [-0.25, -0.2) is 0 Å². The van der Waals surface area contributed by atoms with Gasteiger partial charge in [0.15, 0.2) is 0 Å². The molecule has 1 aliphatic rings. The van der Waals surface area contributed by atoms with Gasteiger partial charge in [0.1, 0.15) is 5.75 Å². The zero-order valence-corrected chi connectivity index (χ0v) is 17.8. The number of amides is 2. The molecule has 29 heavy (non-hydrogen) atoms. The van der Waals surface area contributed by atoms with Crippen molar-refractivity contribution in [3.05, 3.63) is 65.7 Å². The third-order valence-electron chi connectivity index (χ3n) is 5.16. The first-order valence-corrected chi connectivity index (χ1v) is 11.0. The van der Waals surface area contributed by atoms with Crippen LogP contribution in [0.25, 0.3) is 0 Å². The Hall–Kier alpha value is -2.47. The minimum Gasteiger partial charge on any atom is -0.497 e. The Morgan fingerprint density at radius 3 is 2.55 bits per heavy atom. The summed E-state index contributed by atoms with van der Waals surface area (Å²) in [6.45, 7) is 3.34. The van der Waals surface area contributed by atoms with E-state index >= 15 is 0 Å². The lowest BCUT2D eigenvalue weighted by Crippen LogP contribution is -2.48. The smallest absolute Gasteiger partial charge is 0.251 e. The highest BCUT2D eigenvalue weighted by Crippen LogP contribution is 2.21. The average Bonchev–Trinajstić information content (AvgIpc) is 2.78. The summed E-state index contributed by atoms with van der Waals surface area (Å²) >= 11 is 1.67. The molecule has 0 radical (unpaired) electrons. The first-order chi connectivity index (χ1) is 14.1. The maximum atomic E-state index is 12.7. The van der Waals surface area contributed by atoms with Gasteiger partial charge in [-0.1, -0.05) is 36.4 Å². The second-order valence-electron chi connectivity index (χ2n) is 7.24.